The Morgan fingerprint density at radius 3 is 2.42 bits per heavy atom. The van der Waals surface area contributed by atoms with Gasteiger partial charge in [0.15, 0.2) is 0 Å². The first-order valence-electron chi connectivity index (χ1n) is 12.9. The number of allylic oxidation sites excluding steroid dienone is 1. The number of hydrogen-bond acceptors (Lipinski definition) is 3. The normalized spacial score (nSPS) is 23.3. The van der Waals surface area contributed by atoms with Gasteiger partial charge in [0.1, 0.15) is 0 Å². The molecule has 3 aliphatic rings. The largest absolute Gasteiger partial charge is 0.371 e. The molecule has 0 aromatic heterocycles. The van der Waals surface area contributed by atoms with Crippen molar-refractivity contribution in [3.8, 4) is 6.07 Å². The van der Waals surface area contributed by atoms with Crippen molar-refractivity contribution >= 4 is 17.3 Å². The Labute approximate surface area is 199 Å². The second-order valence-electron chi connectivity index (χ2n) is 10.7. The Hall–Kier alpha value is -2.57. The van der Waals surface area contributed by atoms with E-state index >= 15 is 0 Å². The van der Waals surface area contributed by atoms with Crippen LogP contribution in [0.4, 0.5) is 5.69 Å². The summed E-state index contributed by atoms with van der Waals surface area (Å²) in [5, 5.41) is 13.2. The fourth-order valence-corrected chi connectivity index (χ4v) is 6.08. The Balaban J connectivity index is 1.17. The van der Waals surface area contributed by atoms with Gasteiger partial charge < -0.3 is 10.2 Å². The van der Waals surface area contributed by atoms with E-state index in [1.54, 1.807) is 0 Å². The average molecular weight is 440 g/mol. The lowest BCUT2D eigenvalue weighted by Crippen LogP contribution is -2.47. The summed E-state index contributed by atoms with van der Waals surface area (Å²) in [7, 11) is 0. The van der Waals surface area contributed by atoms with Crippen LogP contribution in [0.5, 0.6) is 0 Å². The molecule has 0 bridgehead atoms. The van der Waals surface area contributed by atoms with Gasteiger partial charge in [0.2, 0.25) is 0 Å². The monoisotopic (exact) mass is 439 g/mol. The van der Waals surface area contributed by atoms with Gasteiger partial charge in [0.05, 0.1) is 11.6 Å². The Bertz CT molecular complexity index is 1040. The highest BCUT2D eigenvalue weighted by Gasteiger charge is 2.27. The zero-order chi connectivity index (χ0) is 22.8. The summed E-state index contributed by atoms with van der Waals surface area (Å²) < 4.78 is 0. The van der Waals surface area contributed by atoms with Crippen LogP contribution in [0, 0.1) is 23.2 Å². The molecule has 172 valence electrons. The maximum Gasteiger partial charge on any atom is 0.0991 e. The molecule has 2 aliphatic carbocycles. The van der Waals surface area contributed by atoms with E-state index in [2.05, 4.69) is 66.5 Å². The summed E-state index contributed by atoms with van der Waals surface area (Å²) in [6.07, 6.45) is 11.2. The van der Waals surface area contributed by atoms with E-state index in [0.717, 1.165) is 43.0 Å². The van der Waals surface area contributed by atoms with Gasteiger partial charge in [0.25, 0.3) is 0 Å². The maximum absolute atomic E-state index is 9.19. The van der Waals surface area contributed by atoms with Gasteiger partial charge in [0, 0.05) is 30.9 Å². The molecule has 0 spiro atoms. The number of anilines is 1. The van der Waals surface area contributed by atoms with E-state index in [1.807, 2.05) is 12.1 Å². The van der Waals surface area contributed by atoms with Crippen LogP contribution in [0.3, 0.4) is 0 Å². The summed E-state index contributed by atoms with van der Waals surface area (Å²) in [5.74, 6) is 1.78. The predicted molar refractivity (Wildman–Crippen MR) is 138 cm³/mol. The van der Waals surface area contributed by atoms with Crippen LogP contribution in [0.2, 0.25) is 0 Å². The van der Waals surface area contributed by atoms with E-state index in [0.29, 0.717) is 6.04 Å². The molecule has 1 saturated carbocycles. The van der Waals surface area contributed by atoms with Crippen LogP contribution in [0.1, 0.15) is 74.6 Å². The van der Waals surface area contributed by atoms with Crippen molar-refractivity contribution in [2.75, 3.05) is 18.0 Å². The van der Waals surface area contributed by atoms with Crippen LogP contribution in [0.25, 0.3) is 11.6 Å². The smallest absolute Gasteiger partial charge is 0.0991 e. The highest BCUT2D eigenvalue weighted by Crippen LogP contribution is 2.34. The summed E-state index contributed by atoms with van der Waals surface area (Å²) in [6.45, 7) is 7.03. The van der Waals surface area contributed by atoms with E-state index in [4.69, 9.17) is 0 Å². The molecule has 3 nitrogen and oxygen atoms in total. The molecule has 1 heterocycles. The van der Waals surface area contributed by atoms with Gasteiger partial charge in [-0.3, -0.25) is 0 Å². The fourth-order valence-electron chi connectivity index (χ4n) is 6.08. The van der Waals surface area contributed by atoms with Crippen LogP contribution in [-0.2, 0) is 6.42 Å². The maximum atomic E-state index is 9.19. The number of nitrogens with one attached hydrogen (secondary N) is 1. The highest BCUT2D eigenvalue weighted by atomic mass is 15.1. The summed E-state index contributed by atoms with van der Waals surface area (Å²) in [4.78, 5) is 2.56. The summed E-state index contributed by atoms with van der Waals surface area (Å²) >= 11 is 0. The summed E-state index contributed by atoms with van der Waals surface area (Å²) in [6, 6.07) is 18.8. The first kappa shape index (κ1) is 22.2. The van der Waals surface area contributed by atoms with Crippen molar-refractivity contribution in [2.24, 2.45) is 11.8 Å². The number of nitriles is 1. The third kappa shape index (κ3) is 5.02. The molecule has 1 aliphatic heterocycles. The quantitative estimate of drug-likeness (QED) is 0.583. The van der Waals surface area contributed by atoms with Crippen LogP contribution in [0.15, 0.2) is 42.5 Å². The predicted octanol–water partition coefficient (Wildman–Crippen LogP) is 6.43. The van der Waals surface area contributed by atoms with Gasteiger partial charge in [-0.15, -0.1) is 0 Å². The second-order valence-corrected chi connectivity index (χ2v) is 10.7. The molecule has 0 radical (unpaired) electrons. The molecule has 1 saturated heterocycles. The molecule has 2 fully saturated rings. The van der Waals surface area contributed by atoms with Crippen molar-refractivity contribution in [3.05, 3.63) is 64.7 Å². The number of nitrogens with zero attached hydrogens (tertiary/aromatic N) is 2. The van der Waals surface area contributed by atoms with Crippen LogP contribution >= 0.6 is 0 Å². The molecule has 2 aromatic carbocycles. The fraction of sp³-hybridized carbons (Fsp3) is 0.500. The molecule has 1 N–H and O–H groups in total. The van der Waals surface area contributed by atoms with Crippen molar-refractivity contribution in [3.63, 3.8) is 0 Å². The minimum atomic E-state index is 0.673. The standard InChI is InChI=1S/C30H37N3/c1-21(2)23-8-10-28(11-9-23)32-29-12-14-33(15-13-29)30-5-3-4-24(19-30)27-17-25-7-6-22(20-31)16-26(25)18-27/h3-7,16,18-19,21,23,28-29,32H,8-15,17H2,1-2H3. The van der Waals surface area contributed by atoms with E-state index in [9.17, 15) is 5.26 Å². The first-order valence-corrected chi connectivity index (χ1v) is 12.9. The van der Waals surface area contributed by atoms with E-state index in [1.165, 1.54) is 66.5 Å². The second kappa shape index (κ2) is 9.74. The molecule has 3 heteroatoms. The number of fused-ring (bicyclic) bond motifs is 1. The molecule has 5 rings (SSSR count). The van der Waals surface area contributed by atoms with Crippen molar-refractivity contribution in [1.29, 1.82) is 5.26 Å². The lowest BCUT2D eigenvalue weighted by atomic mass is 9.79. The van der Waals surface area contributed by atoms with E-state index in [-0.39, 0.29) is 0 Å². The molecule has 0 unspecified atom stereocenters. The Morgan fingerprint density at radius 2 is 1.70 bits per heavy atom. The van der Waals surface area contributed by atoms with Gasteiger partial charge in [-0.2, -0.15) is 5.26 Å². The van der Waals surface area contributed by atoms with Crippen molar-refractivity contribution < 1.29 is 0 Å². The SMILES string of the molecule is CC(C)C1CCC(NC2CCN(c3cccc(C4=Cc5cc(C#N)ccc5C4)c3)CC2)CC1. The van der Waals surface area contributed by atoms with Gasteiger partial charge >= 0.3 is 0 Å². The zero-order valence-electron chi connectivity index (χ0n) is 20.2. The minimum Gasteiger partial charge on any atom is -0.371 e. The summed E-state index contributed by atoms with van der Waals surface area (Å²) in [5.41, 5.74) is 7.27. The number of rotatable bonds is 5. The topological polar surface area (TPSA) is 39.1 Å². The molecule has 0 atom stereocenters. The molecular weight excluding hydrogens is 402 g/mol. The number of hydrogen-bond donors (Lipinski definition) is 1. The van der Waals surface area contributed by atoms with Crippen LogP contribution in [-0.4, -0.2) is 25.2 Å². The van der Waals surface area contributed by atoms with E-state index < -0.39 is 0 Å². The van der Waals surface area contributed by atoms with Gasteiger partial charge in [-0.05, 0) is 103 Å². The highest BCUT2D eigenvalue weighted by molar-refractivity contribution is 5.89. The number of benzene rings is 2. The van der Waals surface area contributed by atoms with Crippen molar-refractivity contribution in [2.45, 2.75) is 70.9 Å². The first-order chi connectivity index (χ1) is 16.1. The van der Waals surface area contributed by atoms with Crippen LogP contribution < -0.4 is 10.2 Å². The third-order valence-electron chi connectivity index (χ3n) is 8.25. The third-order valence-corrected chi connectivity index (χ3v) is 8.25. The zero-order valence-corrected chi connectivity index (χ0v) is 20.2. The minimum absolute atomic E-state index is 0.673. The lowest BCUT2D eigenvalue weighted by Gasteiger charge is -2.38. The van der Waals surface area contributed by atoms with Gasteiger partial charge in [-0.25, -0.2) is 0 Å². The molecule has 0 amide bonds. The Morgan fingerprint density at radius 1 is 0.939 bits per heavy atom. The molecular formula is C30H37N3. The molecule has 2 aromatic rings. The average Bonchev–Trinajstić information content (AvgIpc) is 3.28. The number of piperidine rings is 1. The lowest BCUT2D eigenvalue weighted by molar-refractivity contribution is 0.221. The molecule has 33 heavy (non-hydrogen) atoms. The van der Waals surface area contributed by atoms with Gasteiger partial charge in [-0.1, -0.05) is 38.1 Å². The van der Waals surface area contributed by atoms with Crippen molar-refractivity contribution in [1.82, 2.24) is 5.32 Å². The Kier molecular flexibility index (Phi) is 6.56.